The number of benzene rings is 1. The summed E-state index contributed by atoms with van der Waals surface area (Å²) in [6, 6.07) is 8.20. The maximum absolute atomic E-state index is 5.67. The molecule has 0 bridgehead atoms. The zero-order chi connectivity index (χ0) is 14.5. The number of hydrogen-bond acceptors (Lipinski definition) is 4. The van der Waals surface area contributed by atoms with Gasteiger partial charge in [-0.25, -0.2) is 0 Å². The summed E-state index contributed by atoms with van der Waals surface area (Å²) in [5.41, 5.74) is 1.27. The fraction of sp³-hybridized carbons (Fsp3) is 0.625. The zero-order valence-corrected chi connectivity index (χ0v) is 12.7. The van der Waals surface area contributed by atoms with Gasteiger partial charge in [-0.05, 0) is 44.0 Å². The number of rotatable bonds is 12. The van der Waals surface area contributed by atoms with Crippen LogP contribution in [0.25, 0.3) is 0 Å². The van der Waals surface area contributed by atoms with Crippen LogP contribution in [0.15, 0.2) is 24.3 Å². The molecule has 20 heavy (non-hydrogen) atoms. The Bertz CT molecular complexity index is 327. The quantitative estimate of drug-likeness (QED) is 0.597. The van der Waals surface area contributed by atoms with Gasteiger partial charge < -0.3 is 19.5 Å². The molecule has 1 rings (SSSR count). The molecule has 0 aromatic heterocycles. The molecule has 0 heterocycles. The van der Waals surface area contributed by atoms with E-state index in [-0.39, 0.29) is 0 Å². The van der Waals surface area contributed by atoms with Crippen molar-refractivity contribution in [1.82, 2.24) is 5.32 Å². The van der Waals surface area contributed by atoms with Crippen molar-refractivity contribution in [2.24, 2.45) is 0 Å². The van der Waals surface area contributed by atoms with Crippen LogP contribution in [0.2, 0.25) is 0 Å². The highest BCUT2D eigenvalue weighted by Gasteiger charge is 1.96. The molecule has 0 spiro atoms. The van der Waals surface area contributed by atoms with Crippen molar-refractivity contribution in [3.05, 3.63) is 29.8 Å². The summed E-state index contributed by atoms with van der Waals surface area (Å²) in [6.07, 6.45) is 1.99. The van der Waals surface area contributed by atoms with E-state index in [2.05, 4.69) is 17.4 Å². The second-order valence-corrected chi connectivity index (χ2v) is 4.54. The third kappa shape index (κ3) is 8.15. The Labute approximate surface area is 122 Å². The Morgan fingerprint density at radius 2 is 1.80 bits per heavy atom. The van der Waals surface area contributed by atoms with E-state index in [1.54, 1.807) is 7.11 Å². The molecule has 1 aromatic rings. The van der Waals surface area contributed by atoms with Crippen LogP contribution in [0.4, 0.5) is 0 Å². The third-order valence-corrected chi connectivity index (χ3v) is 2.91. The van der Waals surface area contributed by atoms with Gasteiger partial charge in [0.1, 0.15) is 12.4 Å². The Kier molecular flexibility index (Phi) is 9.92. The van der Waals surface area contributed by atoms with Crippen LogP contribution in [0.3, 0.4) is 0 Å². The molecular weight excluding hydrogens is 254 g/mol. The first-order valence-electron chi connectivity index (χ1n) is 7.36. The standard InChI is InChI=1S/C16H27NO3/c1-3-19-12-4-10-17-11-14-20-16-7-5-15(6-8-16)9-13-18-2/h5-8,17H,3-4,9-14H2,1-2H3. The van der Waals surface area contributed by atoms with Gasteiger partial charge in [0.05, 0.1) is 6.61 Å². The summed E-state index contributed by atoms with van der Waals surface area (Å²) in [5, 5.41) is 3.33. The molecule has 114 valence electrons. The van der Waals surface area contributed by atoms with Crippen LogP contribution >= 0.6 is 0 Å². The van der Waals surface area contributed by atoms with E-state index in [0.29, 0.717) is 6.61 Å². The van der Waals surface area contributed by atoms with Crippen LogP contribution in [0.5, 0.6) is 5.75 Å². The molecule has 0 saturated carbocycles. The van der Waals surface area contributed by atoms with Gasteiger partial charge >= 0.3 is 0 Å². The van der Waals surface area contributed by atoms with Crippen LogP contribution < -0.4 is 10.1 Å². The molecule has 0 amide bonds. The molecule has 0 saturated heterocycles. The van der Waals surface area contributed by atoms with E-state index in [0.717, 1.165) is 51.5 Å². The van der Waals surface area contributed by atoms with Gasteiger partial charge in [-0.1, -0.05) is 12.1 Å². The van der Waals surface area contributed by atoms with E-state index in [9.17, 15) is 0 Å². The lowest BCUT2D eigenvalue weighted by molar-refractivity contribution is 0.144. The molecular formula is C16H27NO3. The van der Waals surface area contributed by atoms with Crippen LogP contribution in [-0.4, -0.2) is 46.6 Å². The summed E-state index contributed by atoms with van der Waals surface area (Å²) in [5.74, 6) is 0.919. The highest BCUT2D eigenvalue weighted by Crippen LogP contribution is 2.12. The Morgan fingerprint density at radius 3 is 2.50 bits per heavy atom. The maximum atomic E-state index is 5.67. The summed E-state index contributed by atoms with van der Waals surface area (Å²) >= 11 is 0. The zero-order valence-electron chi connectivity index (χ0n) is 12.7. The van der Waals surface area contributed by atoms with Gasteiger partial charge in [-0.15, -0.1) is 0 Å². The normalized spacial score (nSPS) is 10.7. The van der Waals surface area contributed by atoms with Crippen LogP contribution in [-0.2, 0) is 15.9 Å². The van der Waals surface area contributed by atoms with Crippen molar-refractivity contribution in [1.29, 1.82) is 0 Å². The molecule has 0 unspecified atom stereocenters. The van der Waals surface area contributed by atoms with Crippen molar-refractivity contribution in [2.45, 2.75) is 19.8 Å². The molecule has 0 fully saturated rings. The monoisotopic (exact) mass is 281 g/mol. The highest BCUT2D eigenvalue weighted by molar-refractivity contribution is 5.27. The lowest BCUT2D eigenvalue weighted by Gasteiger charge is -2.08. The maximum Gasteiger partial charge on any atom is 0.119 e. The van der Waals surface area contributed by atoms with Crippen molar-refractivity contribution in [3.8, 4) is 5.75 Å². The van der Waals surface area contributed by atoms with Crippen molar-refractivity contribution in [2.75, 3.05) is 46.6 Å². The number of ether oxygens (including phenoxy) is 3. The number of methoxy groups -OCH3 is 1. The molecule has 0 radical (unpaired) electrons. The highest BCUT2D eigenvalue weighted by atomic mass is 16.5. The predicted molar refractivity (Wildman–Crippen MR) is 81.5 cm³/mol. The summed E-state index contributed by atoms with van der Waals surface area (Å²) in [4.78, 5) is 0. The molecule has 4 heteroatoms. The minimum atomic E-state index is 0.687. The van der Waals surface area contributed by atoms with Crippen molar-refractivity contribution >= 4 is 0 Å². The summed E-state index contributed by atoms with van der Waals surface area (Å²) in [6.45, 7) is 6.91. The summed E-state index contributed by atoms with van der Waals surface area (Å²) < 4.78 is 16.0. The van der Waals surface area contributed by atoms with E-state index < -0.39 is 0 Å². The fourth-order valence-corrected chi connectivity index (χ4v) is 1.78. The van der Waals surface area contributed by atoms with E-state index in [1.807, 2.05) is 19.1 Å². The number of nitrogens with one attached hydrogen (secondary N) is 1. The smallest absolute Gasteiger partial charge is 0.119 e. The Balaban J connectivity index is 2.04. The number of hydrogen-bond donors (Lipinski definition) is 1. The first kappa shape index (κ1) is 17.0. The largest absolute Gasteiger partial charge is 0.492 e. The lowest BCUT2D eigenvalue weighted by Crippen LogP contribution is -2.23. The lowest BCUT2D eigenvalue weighted by atomic mass is 10.1. The SMILES string of the molecule is CCOCCCNCCOc1ccc(CCOC)cc1. The van der Waals surface area contributed by atoms with E-state index >= 15 is 0 Å². The minimum absolute atomic E-state index is 0.687. The van der Waals surface area contributed by atoms with Crippen molar-refractivity contribution < 1.29 is 14.2 Å². The minimum Gasteiger partial charge on any atom is -0.492 e. The first-order chi connectivity index (χ1) is 9.86. The van der Waals surface area contributed by atoms with Crippen LogP contribution in [0.1, 0.15) is 18.9 Å². The van der Waals surface area contributed by atoms with Gasteiger partial charge in [-0.2, -0.15) is 0 Å². The van der Waals surface area contributed by atoms with Crippen LogP contribution in [0, 0.1) is 0 Å². The summed E-state index contributed by atoms with van der Waals surface area (Å²) in [7, 11) is 1.72. The van der Waals surface area contributed by atoms with E-state index in [1.165, 1.54) is 5.56 Å². The third-order valence-electron chi connectivity index (χ3n) is 2.91. The second kappa shape index (κ2) is 11.7. The topological polar surface area (TPSA) is 39.7 Å². The predicted octanol–water partition coefficient (Wildman–Crippen LogP) is 2.27. The van der Waals surface area contributed by atoms with Gasteiger partial charge in [0.25, 0.3) is 0 Å². The molecule has 1 N–H and O–H groups in total. The second-order valence-electron chi connectivity index (χ2n) is 4.54. The first-order valence-corrected chi connectivity index (χ1v) is 7.36. The molecule has 1 aromatic carbocycles. The van der Waals surface area contributed by atoms with Gasteiger partial charge in [0.2, 0.25) is 0 Å². The van der Waals surface area contributed by atoms with Gasteiger partial charge in [0.15, 0.2) is 0 Å². The van der Waals surface area contributed by atoms with Crippen molar-refractivity contribution in [3.63, 3.8) is 0 Å². The Hall–Kier alpha value is -1.10. The van der Waals surface area contributed by atoms with Gasteiger partial charge in [-0.3, -0.25) is 0 Å². The molecule has 0 aliphatic carbocycles. The molecule has 0 aliphatic rings. The van der Waals surface area contributed by atoms with E-state index in [4.69, 9.17) is 14.2 Å². The molecule has 0 atom stereocenters. The molecule has 0 aliphatic heterocycles. The average Bonchev–Trinajstić information content (AvgIpc) is 2.49. The van der Waals surface area contributed by atoms with Gasteiger partial charge in [0, 0.05) is 26.9 Å². The molecule has 4 nitrogen and oxygen atoms in total. The fourth-order valence-electron chi connectivity index (χ4n) is 1.78. The average molecular weight is 281 g/mol. The Morgan fingerprint density at radius 1 is 1.00 bits per heavy atom.